The van der Waals surface area contributed by atoms with Crippen LogP contribution in [0.5, 0.6) is 0 Å². The fourth-order valence-corrected chi connectivity index (χ4v) is 1.51. The van der Waals surface area contributed by atoms with Gasteiger partial charge in [0, 0.05) is 20.3 Å². The molecule has 0 aliphatic heterocycles. The van der Waals surface area contributed by atoms with Crippen LogP contribution in [0.1, 0.15) is 35.4 Å². The summed E-state index contributed by atoms with van der Waals surface area (Å²) in [5.41, 5.74) is 0.415. The maximum absolute atomic E-state index is 10.9. The van der Waals surface area contributed by atoms with Gasteiger partial charge in [0.1, 0.15) is 0 Å². The van der Waals surface area contributed by atoms with Crippen LogP contribution in [0.3, 0.4) is 0 Å². The molecule has 1 heterocycles. The highest BCUT2D eigenvalue weighted by atomic mass is 16.5. The molecule has 0 fully saturated rings. The standard InChI is InChI=1S/C10H17N3O4/c1-17-7-8-9(10(15)16)11-12-13(8)5-3-2-4-6-14/h14H,2-7H2,1H3,(H,15,16). The molecule has 0 atom stereocenters. The Hall–Kier alpha value is -1.47. The number of unbranched alkanes of at least 4 members (excludes halogenated alkanes) is 2. The molecule has 0 saturated heterocycles. The summed E-state index contributed by atoms with van der Waals surface area (Å²) in [7, 11) is 1.49. The molecule has 7 heteroatoms. The largest absolute Gasteiger partial charge is 0.476 e. The minimum atomic E-state index is -1.10. The molecule has 0 aliphatic rings. The Labute approximate surface area is 99.0 Å². The van der Waals surface area contributed by atoms with Crippen LogP contribution in [-0.2, 0) is 17.9 Å². The van der Waals surface area contributed by atoms with E-state index in [0.29, 0.717) is 12.2 Å². The number of aromatic carboxylic acids is 1. The summed E-state index contributed by atoms with van der Waals surface area (Å²) >= 11 is 0. The van der Waals surface area contributed by atoms with Gasteiger partial charge < -0.3 is 14.9 Å². The SMILES string of the molecule is COCc1c(C(=O)O)nnn1CCCCCO. The number of aliphatic hydroxyl groups is 1. The number of aromatic nitrogens is 3. The van der Waals surface area contributed by atoms with Crippen molar-refractivity contribution in [2.75, 3.05) is 13.7 Å². The molecule has 0 aliphatic carbocycles. The molecule has 17 heavy (non-hydrogen) atoms. The Morgan fingerprint density at radius 2 is 2.18 bits per heavy atom. The van der Waals surface area contributed by atoms with Gasteiger partial charge in [0.15, 0.2) is 5.69 Å². The summed E-state index contributed by atoms with van der Waals surface area (Å²) in [5.74, 6) is -1.10. The van der Waals surface area contributed by atoms with Crippen LogP contribution < -0.4 is 0 Å². The number of rotatable bonds is 8. The van der Waals surface area contributed by atoms with E-state index in [1.807, 2.05) is 0 Å². The second-order valence-electron chi connectivity index (χ2n) is 3.63. The van der Waals surface area contributed by atoms with Crippen LogP contribution in [-0.4, -0.2) is 44.9 Å². The van der Waals surface area contributed by atoms with Gasteiger partial charge in [0.2, 0.25) is 0 Å². The quantitative estimate of drug-likeness (QED) is 0.637. The second kappa shape index (κ2) is 6.97. The van der Waals surface area contributed by atoms with Crippen LogP contribution in [0.15, 0.2) is 0 Å². The molecule has 0 aromatic carbocycles. The van der Waals surface area contributed by atoms with Gasteiger partial charge in [-0.2, -0.15) is 0 Å². The molecular formula is C10H17N3O4. The summed E-state index contributed by atoms with van der Waals surface area (Å²) in [6.45, 7) is 0.927. The van der Waals surface area contributed by atoms with Crippen molar-refractivity contribution in [3.05, 3.63) is 11.4 Å². The lowest BCUT2D eigenvalue weighted by molar-refractivity contribution is 0.0684. The molecule has 0 amide bonds. The highest BCUT2D eigenvalue weighted by Gasteiger charge is 2.18. The fraction of sp³-hybridized carbons (Fsp3) is 0.700. The first-order valence-corrected chi connectivity index (χ1v) is 5.46. The third-order valence-corrected chi connectivity index (χ3v) is 2.35. The van der Waals surface area contributed by atoms with Crippen molar-refractivity contribution in [2.24, 2.45) is 0 Å². The molecule has 0 spiro atoms. The minimum Gasteiger partial charge on any atom is -0.476 e. The lowest BCUT2D eigenvalue weighted by Crippen LogP contribution is -2.09. The molecule has 1 aromatic rings. The van der Waals surface area contributed by atoms with E-state index in [0.717, 1.165) is 19.3 Å². The van der Waals surface area contributed by atoms with Gasteiger partial charge in [0.05, 0.1) is 12.3 Å². The van der Waals surface area contributed by atoms with Gasteiger partial charge in [-0.3, -0.25) is 0 Å². The van der Waals surface area contributed by atoms with Crippen molar-refractivity contribution >= 4 is 5.97 Å². The van der Waals surface area contributed by atoms with E-state index in [4.69, 9.17) is 14.9 Å². The van der Waals surface area contributed by atoms with Crippen LogP contribution in [0.25, 0.3) is 0 Å². The van der Waals surface area contributed by atoms with E-state index in [2.05, 4.69) is 10.3 Å². The Bertz CT molecular complexity index is 364. The van der Waals surface area contributed by atoms with Crippen LogP contribution in [0.2, 0.25) is 0 Å². The van der Waals surface area contributed by atoms with E-state index in [-0.39, 0.29) is 18.9 Å². The van der Waals surface area contributed by atoms with Gasteiger partial charge in [-0.05, 0) is 19.3 Å². The van der Waals surface area contributed by atoms with Crippen molar-refractivity contribution < 1.29 is 19.7 Å². The van der Waals surface area contributed by atoms with Crippen molar-refractivity contribution in [1.82, 2.24) is 15.0 Å². The zero-order valence-electron chi connectivity index (χ0n) is 9.80. The van der Waals surface area contributed by atoms with Crippen molar-refractivity contribution in [1.29, 1.82) is 0 Å². The topological polar surface area (TPSA) is 97.5 Å². The van der Waals surface area contributed by atoms with E-state index >= 15 is 0 Å². The number of carbonyl (C=O) groups is 1. The van der Waals surface area contributed by atoms with Crippen LogP contribution in [0, 0.1) is 0 Å². The Morgan fingerprint density at radius 1 is 1.41 bits per heavy atom. The maximum atomic E-state index is 10.9. The zero-order chi connectivity index (χ0) is 12.7. The smallest absolute Gasteiger partial charge is 0.358 e. The normalized spacial score (nSPS) is 10.7. The molecule has 2 N–H and O–H groups in total. The van der Waals surface area contributed by atoms with Gasteiger partial charge in [-0.1, -0.05) is 5.21 Å². The molecule has 0 unspecified atom stereocenters. The molecule has 1 rings (SSSR count). The summed E-state index contributed by atoms with van der Waals surface area (Å²) in [6.07, 6.45) is 2.42. The average molecular weight is 243 g/mol. The molecule has 0 saturated carbocycles. The summed E-state index contributed by atoms with van der Waals surface area (Å²) in [4.78, 5) is 10.9. The van der Waals surface area contributed by atoms with Crippen molar-refractivity contribution in [3.8, 4) is 0 Å². The predicted molar refractivity (Wildman–Crippen MR) is 58.6 cm³/mol. The predicted octanol–water partition coefficient (Wildman–Crippen LogP) is 0.285. The number of methoxy groups -OCH3 is 1. The van der Waals surface area contributed by atoms with Crippen LogP contribution in [0.4, 0.5) is 0 Å². The molecular weight excluding hydrogens is 226 g/mol. The third kappa shape index (κ3) is 3.79. The van der Waals surface area contributed by atoms with Gasteiger partial charge >= 0.3 is 5.97 Å². The highest BCUT2D eigenvalue weighted by molar-refractivity contribution is 5.86. The first-order chi connectivity index (χ1) is 8.20. The Morgan fingerprint density at radius 3 is 2.76 bits per heavy atom. The number of aryl methyl sites for hydroxylation is 1. The number of carboxylic acid groups (broad SMARTS) is 1. The molecule has 0 radical (unpaired) electrons. The van der Waals surface area contributed by atoms with Crippen LogP contribution >= 0.6 is 0 Å². The number of hydrogen-bond acceptors (Lipinski definition) is 5. The molecule has 7 nitrogen and oxygen atoms in total. The Kier molecular flexibility index (Phi) is 5.58. The third-order valence-electron chi connectivity index (χ3n) is 2.35. The highest BCUT2D eigenvalue weighted by Crippen LogP contribution is 2.09. The fourth-order valence-electron chi connectivity index (χ4n) is 1.51. The number of hydrogen-bond donors (Lipinski definition) is 2. The summed E-state index contributed by atoms with van der Waals surface area (Å²) in [6, 6.07) is 0. The number of ether oxygens (including phenoxy) is 1. The van der Waals surface area contributed by atoms with E-state index in [1.54, 1.807) is 4.68 Å². The lowest BCUT2D eigenvalue weighted by atomic mass is 10.2. The molecule has 1 aromatic heterocycles. The Balaban J connectivity index is 2.67. The minimum absolute atomic E-state index is 0.0611. The summed E-state index contributed by atoms with van der Waals surface area (Å²) in [5, 5.41) is 25.0. The molecule has 0 bridgehead atoms. The zero-order valence-corrected chi connectivity index (χ0v) is 9.80. The van der Waals surface area contributed by atoms with Gasteiger partial charge in [0.25, 0.3) is 0 Å². The van der Waals surface area contributed by atoms with E-state index in [1.165, 1.54) is 7.11 Å². The van der Waals surface area contributed by atoms with E-state index < -0.39 is 5.97 Å². The number of nitrogens with zero attached hydrogens (tertiary/aromatic N) is 3. The summed E-state index contributed by atoms with van der Waals surface area (Å²) < 4.78 is 6.49. The average Bonchev–Trinajstić information content (AvgIpc) is 2.69. The van der Waals surface area contributed by atoms with Gasteiger partial charge in [-0.15, -0.1) is 5.10 Å². The van der Waals surface area contributed by atoms with Crippen molar-refractivity contribution in [3.63, 3.8) is 0 Å². The first kappa shape index (κ1) is 13.6. The molecule has 96 valence electrons. The second-order valence-corrected chi connectivity index (χ2v) is 3.63. The lowest BCUT2D eigenvalue weighted by Gasteiger charge is -2.05. The van der Waals surface area contributed by atoms with Crippen molar-refractivity contribution in [2.45, 2.75) is 32.4 Å². The number of carboxylic acids is 1. The monoisotopic (exact) mass is 243 g/mol. The number of aliphatic hydroxyl groups excluding tert-OH is 1. The maximum Gasteiger partial charge on any atom is 0.358 e. The first-order valence-electron chi connectivity index (χ1n) is 5.46. The van der Waals surface area contributed by atoms with E-state index in [9.17, 15) is 4.79 Å². The van der Waals surface area contributed by atoms with Gasteiger partial charge in [-0.25, -0.2) is 9.48 Å².